The van der Waals surface area contributed by atoms with Crippen molar-refractivity contribution < 1.29 is 4.74 Å². The van der Waals surface area contributed by atoms with Gasteiger partial charge in [0.25, 0.3) is 0 Å². The van der Waals surface area contributed by atoms with Crippen LogP contribution in [0.3, 0.4) is 0 Å². The van der Waals surface area contributed by atoms with Gasteiger partial charge in [-0.1, -0.05) is 43.7 Å². The summed E-state index contributed by atoms with van der Waals surface area (Å²) in [6, 6.07) is 8.27. The van der Waals surface area contributed by atoms with Gasteiger partial charge >= 0.3 is 0 Å². The summed E-state index contributed by atoms with van der Waals surface area (Å²) in [5.74, 6) is 1.65. The minimum atomic E-state index is 0.738. The first-order valence-electron chi connectivity index (χ1n) is 6.36. The van der Waals surface area contributed by atoms with Crippen molar-refractivity contribution >= 4 is 5.57 Å². The maximum Gasteiger partial charge on any atom is 0.118 e. The molecule has 90 valence electrons. The smallest absolute Gasteiger partial charge is 0.118 e. The number of allylic oxidation sites excluding steroid dienone is 4. The van der Waals surface area contributed by atoms with Crippen LogP contribution < -0.4 is 4.74 Å². The zero-order valence-electron chi connectivity index (χ0n) is 10.6. The molecule has 17 heavy (non-hydrogen) atoms. The molecule has 1 nitrogen and oxygen atoms in total. The lowest BCUT2D eigenvalue weighted by molar-refractivity contribution is 0.415. The van der Waals surface area contributed by atoms with Crippen LogP contribution in [-0.4, -0.2) is 7.11 Å². The number of methoxy groups -OCH3 is 1. The van der Waals surface area contributed by atoms with Crippen LogP contribution in [0.25, 0.3) is 5.57 Å². The van der Waals surface area contributed by atoms with E-state index in [1.54, 1.807) is 7.11 Å². The highest BCUT2D eigenvalue weighted by molar-refractivity contribution is 5.75. The van der Waals surface area contributed by atoms with Crippen molar-refractivity contribution in [1.29, 1.82) is 0 Å². The Hall–Kier alpha value is -1.50. The summed E-state index contributed by atoms with van der Waals surface area (Å²) in [5, 5.41) is 0. The summed E-state index contributed by atoms with van der Waals surface area (Å²) < 4.78 is 5.17. The van der Waals surface area contributed by atoms with Gasteiger partial charge in [-0.15, -0.1) is 0 Å². The lowest BCUT2D eigenvalue weighted by Crippen LogP contribution is -1.99. The molecule has 0 aliphatic heterocycles. The van der Waals surface area contributed by atoms with E-state index in [0.29, 0.717) is 0 Å². The van der Waals surface area contributed by atoms with Crippen LogP contribution in [0, 0.1) is 5.92 Å². The first-order chi connectivity index (χ1) is 8.33. The van der Waals surface area contributed by atoms with Gasteiger partial charge in [0.15, 0.2) is 0 Å². The Bertz CT molecular complexity index is 412. The van der Waals surface area contributed by atoms with E-state index in [9.17, 15) is 0 Å². The van der Waals surface area contributed by atoms with E-state index in [1.165, 1.54) is 30.4 Å². The van der Waals surface area contributed by atoms with Gasteiger partial charge < -0.3 is 4.74 Å². The number of hydrogen-bond donors (Lipinski definition) is 0. The van der Waals surface area contributed by atoms with Crippen LogP contribution in [0.4, 0.5) is 0 Å². The molecule has 0 saturated heterocycles. The minimum Gasteiger partial charge on any atom is -0.497 e. The van der Waals surface area contributed by atoms with Gasteiger partial charge in [0.1, 0.15) is 5.75 Å². The summed E-state index contributed by atoms with van der Waals surface area (Å²) in [7, 11) is 1.70. The summed E-state index contributed by atoms with van der Waals surface area (Å²) >= 11 is 0. The molecular formula is C16H20O. The van der Waals surface area contributed by atoms with E-state index in [2.05, 4.69) is 37.3 Å². The number of hydrogen-bond acceptors (Lipinski definition) is 1. The Kier molecular flexibility index (Phi) is 4.03. The van der Waals surface area contributed by atoms with Crippen LogP contribution >= 0.6 is 0 Å². The molecule has 0 spiro atoms. The molecule has 0 aromatic heterocycles. The van der Waals surface area contributed by atoms with Crippen LogP contribution in [0.1, 0.15) is 31.7 Å². The van der Waals surface area contributed by atoms with Gasteiger partial charge in [-0.05, 0) is 42.0 Å². The summed E-state index contributed by atoms with van der Waals surface area (Å²) in [5.41, 5.74) is 2.61. The van der Waals surface area contributed by atoms with Crippen molar-refractivity contribution in [3.63, 3.8) is 0 Å². The van der Waals surface area contributed by atoms with Gasteiger partial charge in [-0.2, -0.15) is 0 Å². The van der Waals surface area contributed by atoms with Crippen LogP contribution in [0.5, 0.6) is 5.75 Å². The average Bonchev–Trinajstić information content (AvgIpc) is 2.40. The fraction of sp³-hybridized carbons (Fsp3) is 0.375. The summed E-state index contributed by atoms with van der Waals surface area (Å²) in [4.78, 5) is 0. The van der Waals surface area contributed by atoms with Crippen molar-refractivity contribution in [2.75, 3.05) is 7.11 Å². The van der Waals surface area contributed by atoms with E-state index in [1.807, 2.05) is 12.1 Å². The molecule has 1 unspecified atom stereocenters. The van der Waals surface area contributed by atoms with E-state index in [4.69, 9.17) is 4.74 Å². The Balaban J connectivity index is 2.06. The standard InChI is InChI=1S/C16H20O/c1-3-4-13-5-7-14(8-6-13)15-9-11-16(17-2)12-10-15/h5,7-13H,3-4,6H2,1-2H3. The lowest BCUT2D eigenvalue weighted by Gasteiger charge is -2.15. The number of benzene rings is 1. The predicted octanol–water partition coefficient (Wildman–Crippen LogP) is 4.45. The second-order valence-corrected chi connectivity index (χ2v) is 4.53. The maximum atomic E-state index is 5.17. The molecule has 0 heterocycles. The predicted molar refractivity (Wildman–Crippen MR) is 73.1 cm³/mol. The number of rotatable bonds is 4. The Morgan fingerprint density at radius 1 is 1.24 bits per heavy atom. The second-order valence-electron chi connectivity index (χ2n) is 4.53. The molecule has 1 aliphatic carbocycles. The molecule has 0 fully saturated rings. The third-order valence-corrected chi connectivity index (χ3v) is 3.27. The molecule has 1 heteroatoms. The van der Waals surface area contributed by atoms with E-state index < -0.39 is 0 Å². The summed E-state index contributed by atoms with van der Waals surface area (Å²) in [6.07, 6.45) is 10.7. The molecule has 0 amide bonds. The van der Waals surface area contributed by atoms with Gasteiger partial charge in [0.05, 0.1) is 7.11 Å². The second kappa shape index (κ2) is 5.72. The van der Waals surface area contributed by atoms with E-state index in [0.717, 1.165) is 11.7 Å². The largest absolute Gasteiger partial charge is 0.497 e. The molecule has 1 aliphatic rings. The third-order valence-electron chi connectivity index (χ3n) is 3.27. The van der Waals surface area contributed by atoms with Crippen molar-refractivity contribution in [3.8, 4) is 5.75 Å². The fourth-order valence-electron chi connectivity index (χ4n) is 2.25. The first kappa shape index (κ1) is 12.0. The SMILES string of the molecule is CCCC1C=CC(c2ccc(OC)cc2)=CC1. The molecular weight excluding hydrogens is 208 g/mol. The zero-order chi connectivity index (χ0) is 12.1. The van der Waals surface area contributed by atoms with Crippen molar-refractivity contribution in [3.05, 3.63) is 48.1 Å². The topological polar surface area (TPSA) is 9.23 Å². The quantitative estimate of drug-likeness (QED) is 0.739. The average molecular weight is 228 g/mol. The van der Waals surface area contributed by atoms with E-state index >= 15 is 0 Å². The third kappa shape index (κ3) is 3.00. The van der Waals surface area contributed by atoms with Crippen molar-refractivity contribution in [1.82, 2.24) is 0 Å². The van der Waals surface area contributed by atoms with Gasteiger partial charge in [-0.25, -0.2) is 0 Å². The van der Waals surface area contributed by atoms with Crippen molar-refractivity contribution in [2.45, 2.75) is 26.2 Å². The van der Waals surface area contributed by atoms with Crippen molar-refractivity contribution in [2.24, 2.45) is 5.92 Å². The molecule has 0 radical (unpaired) electrons. The fourth-order valence-corrected chi connectivity index (χ4v) is 2.25. The van der Waals surface area contributed by atoms with Gasteiger partial charge in [0.2, 0.25) is 0 Å². The molecule has 0 bridgehead atoms. The molecule has 0 saturated carbocycles. The van der Waals surface area contributed by atoms with Gasteiger partial charge in [0, 0.05) is 0 Å². The summed E-state index contributed by atoms with van der Waals surface area (Å²) in [6.45, 7) is 2.25. The molecule has 1 aromatic rings. The van der Waals surface area contributed by atoms with Crippen LogP contribution in [0.2, 0.25) is 0 Å². The first-order valence-corrected chi connectivity index (χ1v) is 6.36. The number of ether oxygens (including phenoxy) is 1. The lowest BCUT2D eigenvalue weighted by atomic mass is 9.90. The minimum absolute atomic E-state index is 0.738. The maximum absolute atomic E-state index is 5.17. The highest BCUT2D eigenvalue weighted by Gasteiger charge is 2.08. The normalized spacial score (nSPS) is 18.9. The van der Waals surface area contributed by atoms with E-state index in [-0.39, 0.29) is 0 Å². The Morgan fingerprint density at radius 3 is 2.53 bits per heavy atom. The molecule has 1 aromatic carbocycles. The zero-order valence-corrected chi connectivity index (χ0v) is 10.6. The van der Waals surface area contributed by atoms with Crippen LogP contribution in [-0.2, 0) is 0 Å². The highest BCUT2D eigenvalue weighted by Crippen LogP contribution is 2.27. The molecule has 1 atom stereocenters. The molecule has 2 rings (SSSR count). The van der Waals surface area contributed by atoms with Crippen LogP contribution in [0.15, 0.2) is 42.5 Å². The van der Waals surface area contributed by atoms with Gasteiger partial charge in [-0.3, -0.25) is 0 Å². The Labute approximate surface area is 104 Å². The Morgan fingerprint density at radius 2 is 2.00 bits per heavy atom. The highest BCUT2D eigenvalue weighted by atomic mass is 16.5. The molecule has 0 N–H and O–H groups in total. The monoisotopic (exact) mass is 228 g/mol.